The van der Waals surface area contributed by atoms with Crippen LogP contribution < -0.4 is 0 Å². The van der Waals surface area contributed by atoms with Crippen LogP contribution in [0.2, 0.25) is 0 Å². The Bertz CT molecular complexity index is 295. The van der Waals surface area contributed by atoms with E-state index in [0.717, 1.165) is 6.08 Å². The highest BCUT2D eigenvalue weighted by Crippen LogP contribution is 2.34. The highest BCUT2D eigenvalue weighted by molar-refractivity contribution is 5.19. The van der Waals surface area contributed by atoms with Crippen molar-refractivity contribution >= 4 is 0 Å². The molecule has 0 aromatic heterocycles. The summed E-state index contributed by atoms with van der Waals surface area (Å²) in [5, 5.41) is 9.38. The van der Waals surface area contributed by atoms with E-state index >= 15 is 0 Å². The van der Waals surface area contributed by atoms with Gasteiger partial charge in [0.05, 0.1) is 0 Å². The Morgan fingerprint density at radius 2 is 1.93 bits per heavy atom. The van der Waals surface area contributed by atoms with E-state index in [1.807, 2.05) is 0 Å². The minimum absolute atomic E-state index is 0.222. The van der Waals surface area contributed by atoms with Gasteiger partial charge >= 0.3 is 0 Å². The largest absolute Gasteiger partial charge is 0.382 e. The average Bonchev–Trinajstić information content (AvgIpc) is 2.18. The molecule has 0 fully saturated rings. The number of hydrogen-bond acceptors (Lipinski definition) is 1. The SMILES string of the molecule is C=CCC(F)(F)C(O)c1ccccc1. The smallest absolute Gasteiger partial charge is 0.280 e. The minimum Gasteiger partial charge on any atom is -0.382 e. The van der Waals surface area contributed by atoms with E-state index in [1.165, 1.54) is 12.1 Å². The molecule has 0 heterocycles. The second-order valence-electron chi connectivity index (χ2n) is 3.07. The van der Waals surface area contributed by atoms with Gasteiger partial charge in [0.2, 0.25) is 0 Å². The summed E-state index contributed by atoms with van der Waals surface area (Å²) in [6, 6.07) is 7.89. The number of aliphatic hydroxyl groups is 1. The van der Waals surface area contributed by atoms with E-state index in [2.05, 4.69) is 6.58 Å². The number of hydrogen-bond donors (Lipinski definition) is 1. The highest BCUT2D eigenvalue weighted by Gasteiger charge is 2.37. The van der Waals surface area contributed by atoms with E-state index in [0.29, 0.717) is 0 Å². The molecule has 0 aliphatic heterocycles. The average molecular weight is 198 g/mol. The van der Waals surface area contributed by atoms with Crippen molar-refractivity contribution in [3.63, 3.8) is 0 Å². The van der Waals surface area contributed by atoms with Crippen LogP contribution in [-0.2, 0) is 0 Å². The fourth-order valence-corrected chi connectivity index (χ4v) is 1.18. The van der Waals surface area contributed by atoms with Crippen LogP contribution >= 0.6 is 0 Å². The van der Waals surface area contributed by atoms with Crippen molar-refractivity contribution in [2.75, 3.05) is 0 Å². The normalized spacial score (nSPS) is 13.6. The number of alkyl halides is 2. The zero-order valence-electron chi connectivity index (χ0n) is 7.66. The van der Waals surface area contributed by atoms with Crippen molar-refractivity contribution in [2.45, 2.75) is 18.4 Å². The molecule has 0 bridgehead atoms. The Morgan fingerprint density at radius 3 is 2.43 bits per heavy atom. The van der Waals surface area contributed by atoms with Crippen molar-refractivity contribution in [3.05, 3.63) is 48.6 Å². The Hall–Kier alpha value is -1.22. The number of halogens is 2. The van der Waals surface area contributed by atoms with Crippen LogP contribution in [0, 0.1) is 0 Å². The fraction of sp³-hybridized carbons (Fsp3) is 0.273. The molecule has 1 rings (SSSR count). The molecular formula is C11H12F2O. The van der Waals surface area contributed by atoms with Crippen molar-refractivity contribution in [3.8, 4) is 0 Å². The van der Waals surface area contributed by atoms with Crippen LogP contribution in [0.1, 0.15) is 18.1 Å². The van der Waals surface area contributed by atoms with Gasteiger partial charge in [-0.1, -0.05) is 36.4 Å². The minimum atomic E-state index is -3.15. The van der Waals surface area contributed by atoms with Crippen LogP contribution in [-0.4, -0.2) is 11.0 Å². The molecular weight excluding hydrogens is 186 g/mol. The maximum atomic E-state index is 13.2. The first-order valence-corrected chi connectivity index (χ1v) is 4.29. The maximum Gasteiger partial charge on any atom is 0.280 e. The first-order valence-electron chi connectivity index (χ1n) is 4.29. The standard InChI is InChI=1S/C11H12F2O/c1-2-8-11(12,13)10(14)9-6-4-3-5-7-9/h2-7,10,14H,1,8H2. The van der Waals surface area contributed by atoms with Crippen LogP contribution in [0.5, 0.6) is 0 Å². The van der Waals surface area contributed by atoms with Gasteiger partial charge in [-0.15, -0.1) is 6.58 Å². The van der Waals surface area contributed by atoms with E-state index in [-0.39, 0.29) is 5.56 Å². The molecule has 0 radical (unpaired) electrons. The van der Waals surface area contributed by atoms with Crippen molar-refractivity contribution in [1.82, 2.24) is 0 Å². The summed E-state index contributed by atoms with van der Waals surface area (Å²) >= 11 is 0. The first-order chi connectivity index (χ1) is 6.58. The number of rotatable bonds is 4. The lowest BCUT2D eigenvalue weighted by atomic mass is 10.0. The van der Waals surface area contributed by atoms with Gasteiger partial charge in [-0.05, 0) is 5.56 Å². The second kappa shape index (κ2) is 4.33. The molecule has 1 unspecified atom stereocenters. The molecule has 1 aromatic carbocycles. The van der Waals surface area contributed by atoms with E-state index in [4.69, 9.17) is 0 Å². The van der Waals surface area contributed by atoms with E-state index in [9.17, 15) is 13.9 Å². The zero-order valence-corrected chi connectivity index (χ0v) is 7.66. The molecule has 0 aliphatic rings. The second-order valence-corrected chi connectivity index (χ2v) is 3.07. The van der Waals surface area contributed by atoms with Crippen LogP contribution in [0.15, 0.2) is 43.0 Å². The van der Waals surface area contributed by atoms with Crippen LogP contribution in [0.25, 0.3) is 0 Å². The van der Waals surface area contributed by atoms with Gasteiger partial charge in [-0.3, -0.25) is 0 Å². The lowest BCUT2D eigenvalue weighted by Gasteiger charge is -2.21. The first kappa shape index (κ1) is 10.9. The summed E-state index contributed by atoms with van der Waals surface area (Å²) in [6.45, 7) is 3.23. The Morgan fingerprint density at radius 1 is 1.36 bits per heavy atom. The topological polar surface area (TPSA) is 20.2 Å². The molecule has 0 saturated carbocycles. The molecule has 76 valence electrons. The van der Waals surface area contributed by atoms with Gasteiger partial charge in [0, 0.05) is 6.42 Å². The Kier molecular flexibility index (Phi) is 3.36. The predicted octanol–water partition coefficient (Wildman–Crippen LogP) is 2.93. The lowest BCUT2D eigenvalue weighted by molar-refractivity contribution is -0.108. The molecule has 0 aliphatic carbocycles. The summed E-state index contributed by atoms with van der Waals surface area (Å²) in [7, 11) is 0. The number of benzene rings is 1. The lowest BCUT2D eigenvalue weighted by Crippen LogP contribution is -2.25. The third-order valence-electron chi connectivity index (χ3n) is 1.93. The third-order valence-corrected chi connectivity index (χ3v) is 1.93. The maximum absolute atomic E-state index is 13.2. The van der Waals surface area contributed by atoms with Gasteiger partial charge in [0.15, 0.2) is 0 Å². The molecule has 0 saturated heterocycles. The zero-order chi connectivity index (χ0) is 10.6. The molecule has 1 atom stereocenters. The molecule has 14 heavy (non-hydrogen) atoms. The Labute approximate surface area is 81.7 Å². The third kappa shape index (κ3) is 2.39. The van der Waals surface area contributed by atoms with Crippen molar-refractivity contribution < 1.29 is 13.9 Å². The molecule has 1 aromatic rings. The molecule has 0 amide bonds. The van der Waals surface area contributed by atoms with E-state index < -0.39 is 18.4 Å². The van der Waals surface area contributed by atoms with Crippen molar-refractivity contribution in [2.24, 2.45) is 0 Å². The monoisotopic (exact) mass is 198 g/mol. The summed E-state index contributed by atoms with van der Waals surface area (Å²) in [5.41, 5.74) is 0.222. The number of allylic oxidation sites excluding steroid dienone is 1. The summed E-state index contributed by atoms with van der Waals surface area (Å²) in [4.78, 5) is 0. The van der Waals surface area contributed by atoms with Gasteiger partial charge in [-0.25, -0.2) is 8.78 Å². The van der Waals surface area contributed by atoms with Gasteiger partial charge in [-0.2, -0.15) is 0 Å². The summed E-state index contributed by atoms with van der Waals surface area (Å²) in [6.07, 6.45) is -1.18. The van der Waals surface area contributed by atoms with Crippen molar-refractivity contribution in [1.29, 1.82) is 0 Å². The van der Waals surface area contributed by atoms with Crippen LogP contribution in [0.4, 0.5) is 8.78 Å². The quantitative estimate of drug-likeness (QED) is 0.737. The van der Waals surface area contributed by atoms with E-state index in [1.54, 1.807) is 18.2 Å². The summed E-state index contributed by atoms with van der Waals surface area (Å²) < 4.78 is 26.4. The predicted molar refractivity (Wildman–Crippen MR) is 51.2 cm³/mol. The molecule has 1 N–H and O–H groups in total. The fourth-order valence-electron chi connectivity index (χ4n) is 1.18. The molecule has 1 nitrogen and oxygen atoms in total. The number of aliphatic hydroxyl groups excluding tert-OH is 1. The summed E-state index contributed by atoms with van der Waals surface area (Å²) in [5.74, 6) is -3.15. The van der Waals surface area contributed by atoms with Crippen LogP contribution in [0.3, 0.4) is 0 Å². The molecule has 0 spiro atoms. The van der Waals surface area contributed by atoms with Gasteiger partial charge in [0.1, 0.15) is 6.10 Å². The Balaban J connectivity index is 2.84. The highest BCUT2D eigenvalue weighted by atomic mass is 19.3. The molecule has 3 heteroatoms. The van der Waals surface area contributed by atoms with Gasteiger partial charge in [0.25, 0.3) is 5.92 Å². The van der Waals surface area contributed by atoms with Gasteiger partial charge < -0.3 is 5.11 Å².